The zero-order chi connectivity index (χ0) is 17.5. The van der Waals surface area contributed by atoms with E-state index in [0.717, 1.165) is 43.7 Å². The van der Waals surface area contributed by atoms with E-state index >= 15 is 0 Å². The van der Waals surface area contributed by atoms with Gasteiger partial charge >= 0.3 is 0 Å². The van der Waals surface area contributed by atoms with Crippen LogP contribution in [0.5, 0.6) is 5.75 Å². The van der Waals surface area contributed by atoms with Crippen molar-refractivity contribution in [2.45, 2.75) is 25.2 Å². The molecule has 25 heavy (non-hydrogen) atoms. The summed E-state index contributed by atoms with van der Waals surface area (Å²) in [6.45, 7) is 2.29. The number of aromatic nitrogens is 1. The molecule has 1 N–H and O–H groups in total. The molecule has 0 saturated carbocycles. The Morgan fingerprint density at radius 1 is 1.40 bits per heavy atom. The maximum Gasteiger partial charge on any atom is 0.180 e. The van der Waals surface area contributed by atoms with Gasteiger partial charge in [-0.05, 0) is 43.5 Å². The number of carbonyl (C=O) groups excluding carboxylic acids is 1. The van der Waals surface area contributed by atoms with E-state index < -0.39 is 5.92 Å². The van der Waals surface area contributed by atoms with E-state index in [1.165, 1.54) is 6.39 Å². The van der Waals surface area contributed by atoms with Crippen LogP contribution in [0.1, 0.15) is 36.4 Å². The number of carbonyl (C=O) groups is 1. The van der Waals surface area contributed by atoms with Crippen LogP contribution < -0.4 is 10.1 Å². The molecule has 3 rings (SSSR count). The minimum absolute atomic E-state index is 0.00935. The van der Waals surface area contributed by atoms with Crippen molar-refractivity contribution in [1.82, 2.24) is 10.3 Å². The van der Waals surface area contributed by atoms with Gasteiger partial charge in [-0.25, -0.2) is 4.98 Å². The number of rotatable bonds is 8. The van der Waals surface area contributed by atoms with Gasteiger partial charge in [0.15, 0.2) is 12.2 Å². The fourth-order valence-corrected chi connectivity index (χ4v) is 3.29. The Balaban J connectivity index is 1.78. The Hall–Kier alpha value is -1.85. The zero-order valence-corrected chi connectivity index (χ0v) is 14.9. The predicted octanol–water partition coefficient (Wildman–Crippen LogP) is 3.38. The first-order chi connectivity index (χ1) is 12.3. The second-order valence-corrected chi connectivity index (χ2v) is 6.63. The Morgan fingerprint density at radius 2 is 2.24 bits per heavy atom. The third-order valence-corrected chi connectivity index (χ3v) is 4.76. The van der Waals surface area contributed by atoms with Crippen LogP contribution in [-0.2, 0) is 4.79 Å². The van der Waals surface area contributed by atoms with E-state index in [0.29, 0.717) is 18.2 Å². The van der Waals surface area contributed by atoms with Crippen molar-refractivity contribution >= 4 is 17.4 Å². The average molecular weight is 363 g/mol. The van der Waals surface area contributed by atoms with Crippen LogP contribution in [0.15, 0.2) is 41.3 Å². The number of benzene rings is 1. The molecule has 2 heterocycles. The molecular formula is C19H23ClN2O3. The highest BCUT2D eigenvalue weighted by molar-refractivity contribution is 6.17. The Kier molecular flexibility index (Phi) is 6.48. The molecule has 2 unspecified atom stereocenters. The van der Waals surface area contributed by atoms with Crippen molar-refractivity contribution in [2.24, 2.45) is 5.92 Å². The van der Waals surface area contributed by atoms with E-state index in [2.05, 4.69) is 10.3 Å². The minimum atomic E-state index is -0.402. The molecule has 2 aromatic rings. The van der Waals surface area contributed by atoms with E-state index in [9.17, 15) is 4.79 Å². The molecule has 1 aliphatic heterocycles. The normalized spacial score (nSPS) is 18.7. The topological polar surface area (TPSA) is 64.4 Å². The largest absolute Gasteiger partial charge is 0.494 e. The molecule has 1 aromatic carbocycles. The molecule has 0 radical (unpaired) electrons. The number of ether oxygens (including phenoxy) is 1. The second kappa shape index (κ2) is 9.02. The van der Waals surface area contributed by atoms with Gasteiger partial charge in [0, 0.05) is 18.3 Å². The highest BCUT2D eigenvalue weighted by Gasteiger charge is 2.32. The van der Waals surface area contributed by atoms with Crippen molar-refractivity contribution in [3.63, 3.8) is 0 Å². The summed E-state index contributed by atoms with van der Waals surface area (Å²) in [7, 11) is 0. The second-order valence-electron chi connectivity index (χ2n) is 6.25. The molecule has 0 bridgehead atoms. The lowest BCUT2D eigenvalue weighted by Gasteiger charge is -2.25. The number of Topliss-reactive ketones (excluding diaryl/α,β-unsaturated/α-hetero) is 1. The number of halogens is 1. The highest BCUT2D eigenvalue weighted by atomic mass is 35.5. The third-order valence-electron chi connectivity index (χ3n) is 4.49. The number of nitrogens with one attached hydrogen (secondary N) is 1. The Labute approximate surface area is 152 Å². The fraction of sp³-hybridized carbons (Fsp3) is 0.474. The van der Waals surface area contributed by atoms with Crippen LogP contribution in [0.2, 0.25) is 0 Å². The molecule has 0 spiro atoms. The standard InChI is InChI=1S/C19H23ClN2O3/c20-8-2-10-25-16-6-4-14(5-7-16)18(17-12-24-13-22-17)19(23)15-3-1-9-21-11-15/h4-7,12-13,15,18,21H,1-3,8-11H2. The molecule has 0 amide bonds. The van der Waals surface area contributed by atoms with E-state index in [-0.39, 0.29) is 11.7 Å². The van der Waals surface area contributed by atoms with Gasteiger partial charge in [0.05, 0.1) is 18.2 Å². The predicted molar refractivity (Wildman–Crippen MR) is 96.2 cm³/mol. The number of piperidine rings is 1. The minimum Gasteiger partial charge on any atom is -0.494 e. The van der Waals surface area contributed by atoms with Crippen molar-refractivity contribution in [2.75, 3.05) is 25.6 Å². The number of ketones is 1. The molecule has 2 atom stereocenters. The zero-order valence-electron chi connectivity index (χ0n) is 14.1. The summed E-state index contributed by atoms with van der Waals surface area (Å²) in [6, 6.07) is 7.65. The number of alkyl halides is 1. The lowest BCUT2D eigenvalue weighted by Crippen LogP contribution is -2.37. The first-order valence-corrected chi connectivity index (χ1v) is 9.24. The van der Waals surface area contributed by atoms with Crippen LogP contribution in [0, 0.1) is 5.92 Å². The SMILES string of the molecule is O=C(C1CCCNC1)C(c1ccc(OCCCCl)cc1)c1cocn1. The molecule has 1 aromatic heterocycles. The summed E-state index contributed by atoms with van der Waals surface area (Å²) in [4.78, 5) is 17.4. The summed E-state index contributed by atoms with van der Waals surface area (Å²) in [5, 5.41) is 3.31. The van der Waals surface area contributed by atoms with Gasteiger partial charge in [0.2, 0.25) is 0 Å². The monoisotopic (exact) mass is 362 g/mol. The van der Waals surface area contributed by atoms with Crippen LogP contribution in [-0.4, -0.2) is 36.3 Å². The molecule has 1 aliphatic rings. The maximum atomic E-state index is 13.1. The molecule has 1 fully saturated rings. The van der Waals surface area contributed by atoms with Crippen LogP contribution in [0.25, 0.3) is 0 Å². The van der Waals surface area contributed by atoms with Crippen molar-refractivity contribution < 1.29 is 13.9 Å². The molecule has 134 valence electrons. The average Bonchev–Trinajstić information content (AvgIpc) is 3.18. The van der Waals surface area contributed by atoms with Crippen molar-refractivity contribution in [3.8, 4) is 5.75 Å². The fourth-order valence-electron chi connectivity index (χ4n) is 3.18. The smallest absolute Gasteiger partial charge is 0.180 e. The molecule has 1 saturated heterocycles. The molecule has 0 aliphatic carbocycles. The first-order valence-electron chi connectivity index (χ1n) is 8.71. The molecule has 5 nitrogen and oxygen atoms in total. The maximum absolute atomic E-state index is 13.1. The summed E-state index contributed by atoms with van der Waals surface area (Å²) in [6.07, 6.45) is 5.68. The van der Waals surface area contributed by atoms with Gasteiger partial charge in [-0.2, -0.15) is 0 Å². The van der Waals surface area contributed by atoms with E-state index in [4.69, 9.17) is 20.8 Å². The van der Waals surface area contributed by atoms with E-state index in [1.54, 1.807) is 6.26 Å². The number of hydrogen-bond donors (Lipinski definition) is 1. The van der Waals surface area contributed by atoms with Crippen LogP contribution in [0.4, 0.5) is 0 Å². The first kappa shape index (κ1) is 18.0. The lowest BCUT2D eigenvalue weighted by molar-refractivity contribution is -0.124. The molecule has 6 heteroatoms. The van der Waals surface area contributed by atoms with Gasteiger partial charge in [0.1, 0.15) is 12.0 Å². The van der Waals surface area contributed by atoms with Gasteiger partial charge in [-0.1, -0.05) is 12.1 Å². The number of nitrogens with zero attached hydrogens (tertiary/aromatic N) is 1. The summed E-state index contributed by atoms with van der Waals surface area (Å²) >= 11 is 5.66. The Morgan fingerprint density at radius 3 is 2.88 bits per heavy atom. The number of oxazole rings is 1. The van der Waals surface area contributed by atoms with Crippen LogP contribution >= 0.6 is 11.6 Å². The summed E-state index contributed by atoms with van der Waals surface area (Å²) in [5.74, 6) is 1.16. The molecular weight excluding hydrogens is 340 g/mol. The quantitative estimate of drug-likeness (QED) is 0.576. The van der Waals surface area contributed by atoms with Gasteiger partial charge in [0.25, 0.3) is 0 Å². The number of hydrogen-bond acceptors (Lipinski definition) is 5. The Bertz CT molecular complexity index is 652. The third kappa shape index (κ3) is 4.61. The summed E-state index contributed by atoms with van der Waals surface area (Å²) < 4.78 is 10.8. The van der Waals surface area contributed by atoms with Gasteiger partial charge in [-0.3, -0.25) is 4.79 Å². The van der Waals surface area contributed by atoms with Crippen LogP contribution in [0.3, 0.4) is 0 Å². The van der Waals surface area contributed by atoms with Gasteiger partial charge < -0.3 is 14.5 Å². The van der Waals surface area contributed by atoms with Crippen molar-refractivity contribution in [1.29, 1.82) is 0 Å². The summed E-state index contributed by atoms with van der Waals surface area (Å²) in [5.41, 5.74) is 1.57. The lowest BCUT2D eigenvalue weighted by atomic mass is 9.82. The van der Waals surface area contributed by atoms with E-state index in [1.807, 2.05) is 24.3 Å². The van der Waals surface area contributed by atoms with Crippen molar-refractivity contribution in [3.05, 3.63) is 48.2 Å². The highest BCUT2D eigenvalue weighted by Crippen LogP contribution is 2.30. The van der Waals surface area contributed by atoms with Gasteiger partial charge in [-0.15, -0.1) is 11.6 Å².